The number of thiol groups is 1. The van der Waals surface area contributed by atoms with Crippen LogP contribution in [0, 0.1) is 20.8 Å². The second-order valence-electron chi connectivity index (χ2n) is 3.76. The molecule has 2 aromatic rings. The van der Waals surface area contributed by atoms with E-state index in [4.69, 9.17) is 5.73 Å². The highest BCUT2D eigenvalue weighted by Crippen LogP contribution is 2.07. The molecule has 0 bridgehead atoms. The van der Waals surface area contributed by atoms with E-state index in [0.29, 0.717) is 0 Å². The topological polar surface area (TPSA) is 51.8 Å². The highest BCUT2D eigenvalue weighted by Gasteiger charge is 1.94. The predicted molar refractivity (Wildman–Crippen MR) is 74.3 cm³/mol. The van der Waals surface area contributed by atoms with Crippen molar-refractivity contribution in [3.8, 4) is 0 Å². The van der Waals surface area contributed by atoms with Crippen LogP contribution in [0.25, 0.3) is 0 Å². The van der Waals surface area contributed by atoms with Gasteiger partial charge in [-0.25, -0.2) is 9.97 Å². The van der Waals surface area contributed by atoms with Crippen LogP contribution in [0.4, 0.5) is 5.69 Å². The van der Waals surface area contributed by atoms with Crippen LogP contribution in [-0.4, -0.2) is 9.97 Å². The molecule has 0 amide bonds. The number of benzene rings is 1. The van der Waals surface area contributed by atoms with Crippen molar-refractivity contribution in [2.45, 2.75) is 25.7 Å². The number of aromatic nitrogens is 2. The van der Waals surface area contributed by atoms with E-state index in [1.54, 1.807) is 6.33 Å². The van der Waals surface area contributed by atoms with E-state index in [9.17, 15) is 0 Å². The second-order valence-corrected chi connectivity index (χ2v) is 4.28. The molecule has 0 saturated heterocycles. The molecule has 0 atom stereocenters. The molecule has 0 aliphatic carbocycles. The molecule has 0 aliphatic heterocycles. The van der Waals surface area contributed by atoms with E-state index in [2.05, 4.69) is 22.6 Å². The standard InChI is InChI=1S/C7H10N2.C6H7NS/c1-5-6(2)8-4-9-7(5)3;7-5-1-3-6(8)4-2-5/h4H,1-3H3;1-4,8H,7H2. The summed E-state index contributed by atoms with van der Waals surface area (Å²) in [4.78, 5) is 9.00. The molecule has 4 heteroatoms. The smallest absolute Gasteiger partial charge is 0.115 e. The molecule has 1 heterocycles. The lowest BCUT2D eigenvalue weighted by atomic mass is 10.2. The monoisotopic (exact) mass is 247 g/mol. The summed E-state index contributed by atoms with van der Waals surface area (Å²) in [6.45, 7) is 6.01. The second kappa shape index (κ2) is 6.25. The third-order valence-corrected chi connectivity index (χ3v) is 2.78. The Labute approximate surface area is 108 Å². The highest BCUT2D eigenvalue weighted by molar-refractivity contribution is 7.80. The van der Waals surface area contributed by atoms with E-state index >= 15 is 0 Å². The van der Waals surface area contributed by atoms with Gasteiger partial charge in [0.05, 0.1) is 0 Å². The Bertz CT molecular complexity index is 439. The van der Waals surface area contributed by atoms with Crippen LogP contribution in [0.2, 0.25) is 0 Å². The molecule has 1 aromatic heterocycles. The summed E-state index contributed by atoms with van der Waals surface area (Å²) in [5.74, 6) is 0. The molecule has 17 heavy (non-hydrogen) atoms. The molecule has 1 aromatic carbocycles. The van der Waals surface area contributed by atoms with Gasteiger partial charge in [0.1, 0.15) is 6.33 Å². The van der Waals surface area contributed by atoms with Gasteiger partial charge < -0.3 is 5.73 Å². The Kier molecular flexibility index (Phi) is 4.97. The maximum absolute atomic E-state index is 5.39. The first-order valence-electron chi connectivity index (χ1n) is 5.30. The van der Waals surface area contributed by atoms with Gasteiger partial charge in [0, 0.05) is 22.0 Å². The van der Waals surface area contributed by atoms with E-state index in [1.165, 1.54) is 5.56 Å². The summed E-state index contributed by atoms with van der Waals surface area (Å²) in [5, 5.41) is 0. The van der Waals surface area contributed by atoms with Crippen molar-refractivity contribution >= 4 is 18.3 Å². The summed E-state index contributed by atoms with van der Waals surface area (Å²) in [5.41, 5.74) is 9.51. The average molecular weight is 247 g/mol. The summed E-state index contributed by atoms with van der Waals surface area (Å²) in [6.07, 6.45) is 1.59. The summed E-state index contributed by atoms with van der Waals surface area (Å²) < 4.78 is 0. The Morgan fingerprint density at radius 2 is 1.41 bits per heavy atom. The van der Waals surface area contributed by atoms with Crippen LogP contribution in [0.5, 0.6) is 0 Å². The van der Waals surface area contributed by atoms with Gasteiger partial charge in [0.25, 0.3) is 0 Å². The van der Waals surface area contributed by atoms with Crippen LogP contribution in [-0.2, 0) is 0 Å². The molecule has 0 unspecified atom stereocenters. The number of nitrogens with two attached hydrogens (primary N) is 1. The Morgan fingerprint density at radius 1 is 0.941 bits per heavy atom. The molecule has 90 valence electrons. The molecule has 2 N–H and O–H groups in total. The largest absolute Gasteiger partial charge is 0.399 e. The van der Waals surface area contributed by atoms with Gasteiger partial charge in [0.2, 0.25) is 0 Å². The van der Waals surface area contributed by atoms with Gasteiger partial charge in [-0.1, -0.05) is 0 Å². The molecule has 3 nitrogen and oxygen atoms in total. The summed E-state index contributed by atoms with van der Waals surface area (Å²) in [6, 6.07) is 7.36. The van der Waals surface area contributed by atoms with E-state index in [-0.39, 0.29) is 0 Å². The van der Waals surface area contributed by atoms with Crippen molar-refractivity contribution in [2.24, 2.45) is 0 Å². The fourth-order valence-corrected chi connectivity index (χ4v) is 1.28. The Balaban J connectivity index is 0.000000171. The number of hydrogen-bond acceptors (Lipinski definition) is 4. The van der Waals surface area contributed by atoms with Gasteiger partial charge in [-0.05, 0) is 50.6 Å². The first kappa shape index (κ1) is 13.5. The summed E-state index contributed by atoms with van der Waals surface area (Å²) >= 11 is 4.08. The van der Waals surface area contributed by atoms with Crippen molar-refractivity contribution < 1.29 is 0 Å². The minimum Gasteiger partial charge on any atom is -0.399 e. The number of anilines is 1. The first-order chi connectivity index (χ1) is 8.00. The van der Waals surface area contributed by atoms with Crippen molar-refractivity contribution in [2.75, 3.05) is 5.73 Å². The zero-order chi connectivity index (χ0) is 12.8. The fourth-order valence-electron chi connectivity index (χ4n) is 1.13. The quantitative estimate of drug-likeness (QED) is 0.556. The van der Waals surface area contributed by atoms with Gasteiger partial charge in [0.15, 0.2) is 0 Å². The third kappa shape index (κ3) is 4.44. The number of aryl methyl sites for hydroxylation is 2. The van der Waals surface area contributed by atoms with Gasteiger partial charge >= 0.3 is 0 Å². The molecule has 0 radical (unpaired) electrons. The number of nitrogens with zero attached hydrogens (tertiary/aromatic N) is 2. The van der Waals surface area contributed by atoms with Crippen molar-refractivity contribution in [1.29, 1.82) is 0 Å². The van der Waals surface area contributed by atoms with Crippen molar-refractivity contribution in [3.05, 3.63) is 47.5 Å². The zero-order valence-electron chi connectivity index (χ0n) is 10.3. The Hall–Kier alpha value is -1.55. The molecule has 0 fully saturated rings. The molecule has 0 aliphatic rings. The molecular formula is C13H17N3S. The van der Waals surface area contributed by atoms with E-state index in [1.807, 2.05) is 45.0 Å². The number of nitrogen functional groups attached to an aromatic ring is 1. The lowest BCUT2D eigenvalue weighted by molar-refractivity contribution is 1.01. The number of rotatable bonds is 0. The lowest BCUT2D eigenvalue weighted by Gasteiger charge is -1.98. The van der Waals surface area contributed by atoms with Gasteiger partial charge in [-0.3, -0.25) is 0 Å². The molecule has 2 rings (SSSR count). The maximum Gasteiger partial charge on any atom is 0.115 e. The maximum atomic E-state index is 5.39. The van der Waals surface area contributed by atoms with Crippen LogP contribution in [0.15, 0.2) is 35.5 Å². The minimum absolute atomic E-state index is 0.780. The van der Waals surface area contributed by atoms with Crippen LogP contribution >= 0.6 is 12.6 Å². The van der Waals surface area contributed by atoms with Crippen LogP contribution in [0.1, 0.15) is 17.0 Å². The minimum atomic E-state index is 0.780. The predicted octanol–water partition coefficient (Wildman–Crippen LogP) is 2.96. The first-order valence-corrected chi connectivity index (χ1v) is 5.74. The fraction of sp³-hybridized carbons (Fsp3) is 0.231. The zero-order valence-corrected chi connectivity index (χ0v) is 11.2. The van der Waals surface area contributed by atoms with E-state index < -0.39 is 0 Å². The van der Waals surface area contributed by atoms with Crippen LogP contribution in [0.3, 0.4) is 0 Å². The molecule has 0 saturated carbocycles. The van der Waals surface area contributed by atoms with Crippen molar-refractivity contribution in [3.63, 3.8) is 0 Å². The van der Waals surface area contributed by atoms with E-state index in [0.717, 1.165) is 22.0 Å². The molecule has 0 spiro atoms. The van der Waals surface area contributed by atoms with Gasteiger partial charge in [-0.15, -0.1) is 12.6 Å². The summed E-state index contributed by atoms with van der Waals surface area (Å²) in [7, 11) is 0. The van der Waals surface area contributed by atoms with Crippen LogP contribution < -0.4 is 5.73 Å². The third-order valence-electron chi connectivity index (χ3n) is 2.48. The number of hydrogen-bond donors (Lipinski definition) is 2. The van der Waals surface area contributed by atoms with Gasteiger partial charge in [-0.2, -0.15) is 0 Å². The highest BCUT2D eigenvalue weighted by atomic mass is 32.1. The van der Waals surface area contributed by atoms with Crippen molar-refractivity contribution in [1.82, 2.24) is 9.97 Å². The SMILES string of the molecule is Cc1ncnc(C)c1C.Nc1ccc(S)cc1. The normalized spacial score (nSPS) is 9.41. The average Bonchev–Trinajstić information content (AvgIpc) is 2.31. The molecular weight excluding hydrogens is 230 g/mol. The Morgan fingerprint density at radius 3 is 1.76 bits per heavy atom. The lowest BCUT2D eigenvalue weighted by Crippen LogP contribution is -1.92.